The monoisotopic (exact) mass is 731 g/mol. The summed E-state index contributed by atoms with van der Waals surface area (Å²) in [4.78, 5) is 42.2. The number of benzene rings is 3. The number of likely N-dealkylation sites (tertiary alicyclic amines) is 1. The van der Waals surface area contributed by atoms with Crippen molar-refractivity contribution in [3.63, 3.8) is 0 Å². The highest BCUT2D eigenvalue weighted by molar-refractivity contribution is 9.10. The van der Waals surface area contributed by atoms with Crippen LogP contribution in [-0.2, 0) is 19.7 Å². The average Bonchev–Trinajstić information content (AvgIpc) is 3.26. The Labute approximate surface area is 285 Å². The summed E-state index contributed by atoms with van der Waals surface area (Å²) >= 11 is 16.1. The molecule has 0 radical (unpaired) electrons. The van der Waals surface area contributed by atoms with Crippen LogP contribution in [0.2, 0.25) is 10.0 Å². The summed E-state index contributed by atoms with van der Waals surface area (Å²) in [6.45, 7) is 6.23. The summed E-state index contributed by atoms with van der Waals surface area (Å²) in [6, 6.07) is 14.1. The van der Waals surface area contributed by atoms with Crippen molar-refractivity contribution < 1.29 is 28.2 Å². The van der Waals surface area contributed by atoms with Crippen molar-refractivity contribution in [2.75, 3.05) is 18.4 Å². The second-order valence-corrected chi connectivity index (χ2v) is 14.6. The molecule has 8 nitrogen and oxygen atoms in total. The van der Waals surface area contributed by atoms with E-state index in [1.807, 2.05) is 26.8 Å². The van der Waals surface area contributed by atoms with Crippen molar-refractivity contribution in [3.05, 3.63) is 91.6 Å². The van der Waals surface area contributed by atoms with Gasteiger partial charge in [0.1, 0.15) is 28.7 Å². The predicted molar refractivity (Wildman–Crippen MR) is 177 cm³/mol. The van der Waals surface area contributed by atoms with Crippen LogP contribution >= 0.6 is 39.1 Å². The van der Waals surface area contributed by atoms with Gasteiger partial charge in [-0.2, -0.15) is 0 Å². The van der Waals surface area contributed by atoms with E-state index >= 15 is 4.39 Å². The highest BCUT2D eigenvalue weighted by Gasteiger charge is 2.62. The Balaban J connectivity index is 1.43. The van der Waals surface area contributed by atoms with E-state index in [2.05, 4.69) is 26.6 Å². The topological polar surface area (TPSA) is 97.0 Å². The molecule has 2 N–H and O–H groups in total. The zero-order valence-electron chi connectivity index (χ0n) is 25.5. The summed E-state index contributed by atoms with van der Waals surface area (Å²) in [5.41, 5.74) is -0.336. The molecule has 46 heavy (non-hydrogen) atoms. The number of carbonyl (C=O) groups excluding carboxylic acids is 3. The first-order valence-electron chi connectivity index (χ1n) is 15.1. The smallest absolute Gasteiger partial charge is 0.410 e. The minimum Gasteiger partial charge on any atom is -0.490 e. The molecule has 3 aromatic rings. The van der Waals surface area contributed by atoms with Crippen LogP contribution in [0.3, 0.4) is 0 Å². The van der Waals surface area contributed by atoms with Gasteiger partial charge in [0.25, 0.3) is 0 Å². The normalized spacial score (nSPS) is 23.2. The summed E-state index contributed by atoms with van der Waals surface area (Å²) in [7, 11) is 0. The van der Waals surface area contributed by atoms with Crippen LogP contribution in [0.25, 0.3) is 0 Å². The lowest BCUT2D eigenvalue weighted by Crippen LogP contribution is -2.57. The van der Waals surface area contributed by atoms with Crippen LogP contribution in [0.15, 0.2) is 59.1 Å². The second kappa shape index (κ2) is 12.4. The number of ether oxygens (including phenoxy) is 2. The Morgan fingerprint density at radius 2 is 1.76 bits per heavy atom. The third-order valence-corrected chi connectivity index (χ3v) is 9.85. The van der Waals surface area contributed by atoms with Crippen LogP contribution in [0.4, 0.5) is 14.9 Å². The zero-order valence-corrected chi connectivity index (χ0v) is 28.6. The molecular weight excluding hydrogens is 700 g/mol. The first-order chi connectivity index (χ1) is 21.8. The van der Waals surface area contributed by atoms with Gasteiger partial charge in [-0.25, -0.2) is 9.18 Å². The van der Waals surface area contributed by atoms with E-state index in [0.717, 1.165) is 0 Å². The largest absolute Gasteiger partial charge is 0.490 e. The SMILES string of the molecule is CC(C)(C)OC(=O)N1CCC(Oc2ccc(Br)c(F)c2[C@H]2NC(=O)C[C@@H](c3cccc(Cl)c3)[C@]23C(=O)Nc2cc(Cl)ccc23)CC1. The number of piperidine rings is 2. The molecule has 0 saturated carbocycles. The summed E-state index contributed by atoms with van der Waals surface area (Å²) in [5, 5.41) is 6.80. The van der Waals surface area contributed by atoms with Gasteiger partial charge in [0.05, 0.1) is 16.1 Å². The van der Waals surface area contributed by atoms with Crippen molar-refractivity contribution in [2.24, 2.45) is 0 Å². The maximum absolute atomic E-state index is 16.5. The van der Waals surface area contributed by atoms with E-state index in [9.17, 15) is 14.4 Å². The minimum absolute atomic E-state index is 0.0404. The fourth-order valence-corrected chi connectivity index (χ4v) is 7.55. The second-order valence-electron chi connectivity index (χ2n) is 12.9. The van der Waals surface area contributed by atoms with Gasteiger partial charge in [-0.15, -0.1) is 0 Å². The van der Waals surface area contributed by atoms with Gasteiger partial charge in [-0.1, -0.05) is 41.4 Å². The van der Waals surface area contributed by atoms with E-state index < -0.39 is 40.8 Å². The molecule has 3 heterocycles. The Morgan fingerprint density at radius 3 is 2.46 bits per heavy atom. The Bertz CT molecular complexity index is 1730. The number of nitrogens with one attached hydrogen (secondary N) is 2. The molecule has 12 heteroatoms. The quantitative estimate of drug-likeness (QED) is 0.284. The van der Waals surface area contributed by atoms with Crippen molar-refractivity contribution in [1.82, 2.24) is 10.2 Å². The third-order valence-electron chi connectivity index (χ3n) is 8.77. The Kier molecular flexibility index (Phi) is 8.76. The summed E-state index contributed by atoms with van der Waals surface area (Å²) < 4.78 is 28.7. The van der Waals surface area contributed by atoms with Crippen molar-refractivity contribution in [2.45, 2.75) is 69.1 Å². The first-order valence-corrected chi connectivity index (χ1v) is 16.6. The molecule has 3 amide bonds. The Hall–Kier alpha value is -3.34. The maximum atomic E-state index is 16.5. The molecule has 0 aromatic heterocycles. The van der Waals surface area contributed by atoms with Crippen LogP contribution in [0.1, 0.15) is 68.7 Å². The number of hydrogen-bond acceptors (Lipinski definition) is 5. The number of halogens is 4. The fraction of sp³-hybridized carbons (Fsp3) is 0.382. The van der Waals surface area contributed by atoms with E-state index in [4.69, 9.17) is 32.7 Å². The summed E-state index contributed by atoms with van der Waals surface area (Å²) in [6.07, 6.45) is 0.157. The lowest BCUT2D eigenvalue weighted by molar-refractivity contribution is -0.131. The van der Waals surface area contributed by atoms with Gasteiger partial charge < -0.3 is 25.0 Å². The van der Waals surface area contributed by atoms with Crippen molar-refractivity contribution in [3.8, 4) is 5.75 Å². The molecular formula is C34H33BrCl2FN3O5. The van der Waals surface area contributed by atoms with Crippen molar-refractivity contribution >= 4 is 62.7 Å². The number of rotatable bonds is 4. The van der Waals surface area contributed by atoms with Gasteiger partial charge in [0.2, 0.25) is 11.8 Å². The highest BCUT2D eigenvalue weighted by atomic mass is 79.9. The highest BCUT2D eigenvalue weighted by Crippen LogP contribution is 2.59. The first kappa shape index (κ1) is 32.6. The van der Waals surface area contributed by atoms with Crippen LogP contribution in [-0.4, -0.2) is 47.6 Å². The van der Waals surface area contributed by atoms with E-state index in [0.29, 0.717) is 52.8 Å². The van der Waals surface area contributed by atoms with Crippen LogP contribution < -0.4 is 15.4 Å². The van der Waals surface area contributed by atoms with E-state index in [1.54, 1.807) is 47.4 Å². The molecule has 1 spiro atoms. The standard InChI is InChI=1S/C34H33BrCl2FN3O5/c1-33(2,3)46-32(44)41-13-11-21(12-14-41)45-26-10-9-24(35)29(38)28(26)30-34(22-8-7-20(37)16-25(22)39-31(34)43)23(17-27(42)40-30)18-5-4-6-19(36)15-18/h4-10,15-16,21,23,30H,11-14,17H2,1-3H3,(H,39,43)(H,40,42)/t23-,30+,34-/m0/s1. The third kappa shape index (κ3) is 5.95. The summed E-state index contributed by atoms with van der Waals surface area (Å²) in [5.74, 6) is -1.93. The molecule has 3 aliphatic heterocycles. The number of carbonyl (C=O) groups is 3. The molecule has 3 atom stereocenters. The molecule has 6 rings (SSSR count). The maximum Gasteiger partial charge on any atom is 0.410 e. The zero-order chi connectivity index (χ0) is 33.0. The molecule has 3 aromatic carbocycles. The van der Waals surface area contributed by atoms with E-state index in [1.165, 1.54) is 6.07 Å². The molecule has 2 fully saturated rings. The van der Waals surface area contributed by atoms with Crippen LogP contribution in [0, 0.1) is 5.82 Å². The predicted octanol–water partition coefficient (Wildman–Crippen LogP) is 7.91. The Morgan fingerprint density at radius 1 is 1.04 bits per heavy atom. The number of nitrogens with zero attached hydrogens (tertiary/aromatic N) is 1. The minimum atomic E-state index is -1.49. The molecule has 3 aliphatic rings. The lowest BCUT2D eigenvalue weighted by Gasteiger charge is -2.47. The molecule has 242 valence electrons. The van der Waals surface area contributed by atoms with Crippen molar-refractivity contribution in [1.29, 1.82) is 0 Å². The molecule has 0 bridgehead atoms. The number of hydrogen-bond donors (Lipinski definition) is 2. The van der Waals surface area contributed by atoms with Gasteiger partial charge in [0.15, 0.2) is 0 Å². The van der Waals surface area contributed by atoms with Gasteiger partial charge in [-0.05, 0) is 84.2 Å². The molecule has 2 saturated heterocycles. The van der Waals surface area contributed by atoms with E-state index in [-0.39, 0.29) is 34.2 Å². The molecule has 0 unspecified atom stereocenters. The number of fused-ring (bicyclic) bond motifs is 2. The van der Waals surface area contributed by atoms with Gasteiger partial charge >= 0.3 is 6.09 Å². The lowest BCUT2D eigenvalue weighted by atomic mass is 9.59. The number of amides is 3. The molecule has 0 aliphatic carbocycles. The fourth-order valence-electron chi connectivity index (χ4n) is 6.83. The van der Waals surface area contributed by atoms with Gasteiger partial charge in [0, 0.05) is 54.0 Å². The average molecular weight is 733 g/mol. The number of anilines is 1. The van der Waals surface area contributed by atoms with Crippen LogP contribution in [0.5, 0.6) is 5.75 Å². The van der Waals surface area contributed by atoms with Gasteiger partial charge in [-0.3, -0.25) is 9.59 Å².